The van der Waals surface area contributed by atoms with Crippen molar-refractivity contribution in [2.75, 3.05) is 26.6 Å². The summed E-state index contributed by atoms with van der Waals surface area (Å²) < 4.78 is 10.5. The summed E-state index contributed by atoms with van der Waals surface area (Å²) in [6, 6.07) is 13.2. The van der Waals surface area contributed by atoms with Gasteiger partial charge in [0.05, 0.1) is 25.9 Å². The number of likely N-dealkylation sites (N-methyl/N-ethyl adjacent to an activating group) is 1. The van der Waals surface area contributed by atoms with Crippen molar-refractivity contribution in [1.82, 2.24) is 4.90 Å². The van der Waals surface area contributed by atoms with Crippen molar-refractivity contribution < 1.29 is 14.3 Å². The molecule has 2 rings (SSSR count). The number of ether oxygens (including phenoxy) is 2. The smallest absolute Gasteiger partial charge is 0.241 e. The normalized spacial score (nSPS) is 11.9. The van der Waals surface area contributed by atoms with Gasteiger partial charge in [-0.05, 0) is 44.2 Å². The van der Waals surface area contributed by atoms with Gasteiger partial charge in [-0.2, -0.15) is 0 Å². The van der Waals surface area contributed by atoms with Gasteiger partial charge in [-0.25, -0.2) is 0 Å². The number of nitrogens with one attached hydrogen (secondary N) is 1. The second-order valence-corrected chi connectivity index (χ2v) is 6.07. The van der Waals surface area contributed by atoms with Crippen LogP contribution in [0.25, 0.3) is 0 Å². The second kappa shape index (κ2) is 8.53. The minimum Gasteiger partial charge on any atom is -0.497 e. The van der Waals surface area contributed by atoms with Gasteiger partial charge in [0.15, 0.2) is 0 Å². The highest BCUT2D eigenvalue weighted by molar-refractivity contribution is 5.96. The standard InChI is InChI=1S/C20H26N2O3/c1-14-8-6-7-9-16(14)13-22(3)15(2)20(23)21-18-12-17(24-4)10-11-19(18)25-5/h6-12,15H,13H2,1-5H3,(H,21,23). The van der Waals surface area contributed by atoms with Crippen LogP contribution in [0.5, 0.6) is 11.5 Å². The zero-order valence-electron chi connectivity index (χ0n) is 15.5. The van der Waals surface area contributed by atoms with E-state index in [2.05, 4.69) is 24.4 Å². The van der Waals surface area contributed by atoms with Crippen LogP contribution in [0.15, 0.2) is 42.5 Å². The van der Waals surface area contributed by atoms with E-state index in [1.807, 2.05) is 31.0 Å². The topological polar surface area (TPSA) is 50.8 Å². The van der Waals surface area contributed by atoms with Crippen LogP contribution in [0.3, 0.4) is 0 Å². The molecule has 0 heterocycles. The zero-order chi connectivity index (χ0) is 18.4. The maximum atomic E-state index is 12.6. The highest BCUT2D eigenvalue weighted by Crippen LogP contribution is 2.29. The lowest BCUT2D eigenvalue weighted by Crippen LogP contribution is -2.39. The van der Waals surface area contributed by atoms with Crippen molar-refractivity contribution in [2.24, 2.45) is 0 Å². The first-order chi connectivity index (χ1) is 12.0. The molecule has 134 valence electrons. The van der Waals surface area contributed by atoms with E-state index in [-0.39, 0.29) is 11.9 Å². The second-order valence-electron chi connectivity index (χ2n) is 6.07. The van der Waals surface area contributed by atoms with E-state index in [4.69, 9.17) is 9.47 Å². The van der Waals surface area contributed by atoms with Crippen LogP contribution in [0, 0.1) is 6.92 Å². The molecule has 0 fully saturated rings. The molecule has 0 aliphatic heterocycles. The molecular formula is C20H26N2O3. The number of hydrogen-bond acceptors (Lipinski definition) is 4. The number of carbonyl (C=O) groups excluding carboxylic acids is 1. The first-order valence-corrected chi connectivity index (χ1v) is 8.24. The highest BCUT2D eigenvalue weighted by atomic mass is 16.5. The van der Waals surface area contributed by atoms with Gasteiger partial charge in [-0.3, -0.25) is 9.69 Å². The molecule has 0 saturated heterocycles. The number of rotatable bonds is 7. The molecule has 1 amide bonds. The van der Waals surface area contributed by atoms with E-state index in [9.17, 15) is 4.79 Å². The average molecular weight is 342 g/mol. The number of amides is 1. The van der Waals surface area contributed by atoms with Gasteiger partial charge in [0, 0.05) is 12.6 Å². The fraction of sp³-hybridized carbons (Fsp3) is 0.350. The number of hydrogen-bond donors (Lipinski definition) is 1. The van der Waals surface area contributed by atoms with Gasteiger partial charge in [-0.15, -0.1) is 0 Å². The number of methoxy groups -OCH3 is 2. The summed E-state index contributed by atoms with van der Waals surface area (Å²) in [5.41, 5.74) is 3.03. The third-order valence-corrected chi connectivity index (χ3v) is 4.39. The summed E-state index contributed by atoms with van der Waals surface area (Å²) in [7, 11) is 5.11. The van der Waals surface area contributed by atoms with Gasteiger partial charge in [0.1, 0.15) is 11.5 Å². The molecule has 2 aromatic rings. The molecule has 0 aliphatic carbocycles. The molecule has 1 unspecified atom stereocenters. The van der Waals surface area contributed by atoms with E-state index in [0.717, 1.165) is 0 Å². The lowest BCUT2D eigenvalue weighted by molar-refractivity contribution is -0.120. The zero-order valence-corrected chi connectivity index (χ0v) is 15.5. The molecule has 25 heavy (non-hydrogen) atoms. The van der Waals surface area contributed by atoms with Gasteiger partial charge < -0.3 is 14.8 Å². The molecular weight excluding hydrogens is 316 g/mol. The fourth-order valence-electron chi connectivity index (χ4n) is 2.54. The van der Waals surface area contributed by atoms with Crippen LogP contribution in [0.1, 0.15) is 18.1 Å². The Hall–Kier alpha value is -2.53. The lowest BCUT2D eigenvalue weighted by Gasteiger charge is -2.25. The summed E-state index contributed by atoms with van der Waals surface area (Å²) in [5, 5.41) is 2.93. The molecule has 1 N–H and O–H groups in total. The largest absolute Gasteiger partial charge is 0.497 e. The Bertz CT molecular complexity index is 731. The van der Waals surface area contributed by atoms with Gasteiger partial charge in [0.25, 0.3) is 0 Å². The number of anilines is 1. The van der Waals surface area contributed by atoms with Crippen LogP contribution >= 0.6 is 0 Å². The number of benzene rings is 2. The Morgan fingerprint density at radius 3 is 2.52 bits per heavy atom. The summed E-state index contributed by atoms with van der Waals surface area (Å²) in [4.78, 5) is 14.7. The predicted octanol–water partition coefficient (Wildman–Crippen LogP) is 3.47. The summed E-state index contributed by atoms with van der Waals surface area (Å²) in [6.07, 6.45) is 0. The van der Waals surface area contributed by atoms with Crippen LogP contribution in [0.2, 0.25) is 0 Å². The summed E-state index contributed by atoms with van der Waals surface area (Å²) >= 11 is 0. The van der Waals surface area contributed by atoms with Crippen molar-refractivity contribution in [2.45, 2.75) is 26.4 Å². The quantitative estimate of drug-likeness (QED) is 0.837. The van der Waals surface area contributed by atoms with E-state index >= 15 is 0 Å². The monoisotopic (exact) mass is 342 g/mol. The van der Waals surface area contributed by atoms with Crippen molar-refractivity contribution in [3.05, 3.63) is 53.6 Å². The molecule has 1 atom stereocenters. The lowest BCUT2D eigenvalue weighted by atomic mass is 10.1. The number of nitrogens with zero attached hydrogens (tertiary/aromatic N) is 1. The number of carbonyl (C=O) groups is 1. The Labute approximate surface area is 149 Å². The van der Waals surface area contributed by atoms with Crippen molar-refractivity contribution in [1.29, 1.82) is 0 Å². The molecule has 0 aromatic heterocycles. The minimum absolute atomic E-state index is 0.0948. The van der Waals surface area contributed by atoms with E-state index in [1.54, 1.807) is 32.4 Å². The van der Waals surface area contributed by atoms with Gasteiger partial charge >= 0.3 is 0 Å². The third-order valence-electron chi connectivity index (χ3n) is 4.39. The maximum absolute atomic E-state index is 12.6. The van der Waals surface area contributed by atoms with Crippen molar-refractivity contribution in [3.8, 4) is 11.5 Å². The molecule has 0 aliphatic rings. The molecule has 0 saturated carbocycles. The molecule has 2 aromatic carbocycles. The van der Waals surface area contributed by atoms with E-state index in [0.29, 0.717) is 23.7 Å². The maximum Gasteiger partial charge on any atom is 0.241 e. The summed E-state index contributed by atoms with van der Waals surface area (Å²) in [5.74, 6) is 1.17. The van der Waals surface area contributed by atoms with Crippen molar-refractivity contribution in [3.63, 3.8) is 0 Å². The first kappa shape index (κ1) is 18.8. The Kier molecular flexibility index (Phi) is 6.42. The first-order valence-electron chi connectivity index (χ1n) is 8.24. The van der Waals surface area contributed by atoms with E-state index < -0.39 is 0 Å². The van der Waals surface area contributed by atoms with Gasteiger partial charge in [-0.1, -0.05) is 24.3 Å². The minimum atomic E-state index is -0.296. The third kappa shape index (κ3) is 4.73. The fourth-order valence-corrected chi connectivity index (χ4v) is 2.54. The Morgan fingerprint density at radius 2 is 1.88 bits per heavy atom. The summed E-state index contributed by atoms with van der Waals surface area (Å²) in [6.45, 7) is 4.67. The van der Waals surface area contributed by atoms with Crippen LogP contribution in [-0.4, -0.2) is 38.1 Å². The highest BCUT2D eigenvalue weighted by Gasteiger charge is 2.20. The number of aryl methyl sites for hydroxylation is 1. The Balaban J connectivity index is 2.08. The van der Waals surface area contributed by atoms with Crippen LogP contribution in [-0.2, 0) is 11.3 Å². The van der Waals surface area contributed by atoms with Gasteiger partial charge in [0.2, 0.25) is 5.91 Å². The molecule has 5 heteroatoms. The SMILES string of the molecule is COc1ccc(OC)c(NC(=O)C(C)N(C)Cc2ccccc2C)c1. The van der Waals surface area contributed by atoms with Crippen LogP contribution < -0.4 is 14.8 Å². The average Bonchev–Trinajstić information content (AvgIpc) is 2.62. The van der Waals surface area contributed by atoms with Crippen LogP contribution in [0.4, 0.5) is 5.69 Å². The molecule has 0 spiro atoms. The Morgan fingerprint density at radius 1 is 1.16 bits per heavy atom. The predicted molar refractivity (Wildman–Crippen MR) is 100 cm³/mol. The van der Waals surface area contributed by atoms with E-state index in [1.165, 1.54) is 11.1 Å². The molecule has 0 bridgehead atoms. The molecule has 0 radical (unpaired) electrons. The van der Waals surface area contributed by atoms with Crippen molar-refractivity contribution >= 4 is 11.6 Å². The molecule has 5 nitrogen and oxygen atoms in total.